The van der Waals surface area contributed by atoms with Crippen LogP contribution in [0.15, 0.2) is 54.6 Å². The standard InChI is InChI=1S/C26H31N3O/c1-19-12-16-22(17-13-19)25-28-24(23-11-7-4-8-18-29(23)25)26(30)27-20(2)14-15-21-9-5-3-6-10-21/h3,5-6,9-10,12-13,16-17,20H,4,7-8,11,14-15,18H2,1-2H3,(H,27,30)/t20-/m0/s1. The van der Waals surface area contributed by atoms with Crippen LogP contribution < -0.4 is 5.32 Å². The quantitative estimate of drug-likeness (QED) is 0.606. The fourth-order valence-electron chi connectivity index (χ4n) is 4.22. The molecular weight excluding hydrogens is 370 g/mol. The third-order valence-electron chi connectivity index (χ3n) is 5.98. The summed E-state index contributed by atoms with van der Waals surface area (Å²) in [6.45, 7) is 5.10. The minimum atomic E-state index is -0.0421. The van der Waals surface area contributed by atoms with Gasteiger partial charge >= 0.3 is 0 Å². The Balaban J connectivity index is 1.53. The molecule has 0 saturated carbocycles. The number of nitrogens with zero attached hydrogens (tertiary/aromatic N) is 2. The van der Waals surface area contributed by atoms with Crippen molar-refractivity contribution in [1.82, 2.24) is 14.9 Å². The molecule has 0 fully saturated rings. The van der Waals surface area contributed by atoms with Crippen LogP contribution in [0.5, 0.6) is 0 Å². The minimum absolute atomic E-state index is 0.0421. The number of amides is 1. The third-order valence-corrected chi connectivity index (χ3v) is 5.98. The highest BCUT2D eigenvalue weighted by Crippen LogP contribution is 2.27. The normalized spacial score (nSPS) is 14.6. The Kier molecular flexibility index (Phi) is 6.32. The van der Waals surface area contributed by atoms with Crippen LogP contribution in [0.4, 0.5) is 0 Å². The van der Waals surface area contributed by atoms with Crippen molar-refractivity contribution >= 4 is 5.91 Å². The van der Waals surface area contributed by atoms with Crippen molar-refractivity contribution in [3.63, 3.8) is 0 Å². The smallest absolute Gasteiger partial charge is 0.271 e. The lowest BCUT2D eigenvalue weighted by Gasteiger charge is -2.14. The van der Waals surface area contributed by atoms with E-state index in [9.17, 15) is 4.79 Å². The molecule has 2 heterocycles. The predicted molar refractivity (Wildman–Crippen MR) is 122 cm³/mol. The predicted octanol–water partition coefficient (Wildman–Crippen LogP) is 5.34. The minimum Gasteiger partial charge on any atom is -0.348 e. The van der Waals surface area contributed by atoms with Crippen LogP contribution in [0.2, 0.25) is 0 Å². The molecule has 3 aromatic rings. The second-order valence-corrected chi connectivity index (χ2v) is 8.46. The van der Waals surface area contributed by atoms with Crippen LogP contribution >= 0.6 is 0 Å². The lowest BCUT2D eigenvalue weighted by atomic mass is 10.1. The van der Waals surface area contributed by atoms with E-state index < -0.39 is 0 Å². The van der Waals surface area contributed by atoms with Gasteiger partial charge in [0.25, 0.3) is 5.91 Å². The van der Waals surface area contributed by atoms with Gasteiger partial charge in [0, 0.05) is 18.2 Å². The molecule has 2 aromatic carbocycles. The van der Waals surface area contributed by atoms with Gasteiger partial charge in [-0.2, -0.15) is 0 Å². The summed E-state index contributed by atoms with van der Waals surface area (Å²) >= 11 is 0. The molecule has 30 heavy (non-hydrogen) atoms. The Morgan fingerprint density at radius 3 is 2.60 bits per heavy atom. The van der Waals surface area contributed by atoms with E-state index in [4.69, 9.17) is 4.98 Å². The maximum Gasteiger partial charge on any atom is 0.271 e. The highest BCUT2D eigenvalue weighted by Gasteiger charge is 2.25. The maximum atomic E-state index is 13.2. The van der Waals surface area contributed by atoms with Crippen LogP contribution in [0, 0.1) is 6.92 Å². The number of carbonyl (C=O) groups is 1. The van der Waals surface area contributed by atoms with E-state index in [1.54, 1.807) is 0 Å². The van der Waals surface area contributed by atoms with Crippen molar-refractivity contribution in [3.05, 3.63) is 77.1 Å². The molecule has 0 spiro atoms. The summed E-state index contributed by atoms with van der Waals surface area (Å²) in [5.74, 6) is 0.883. The van der Waals surface area contributed by atoms with Crippen molar-refractivity contribution in [2.24, 2.45) is 0 Å². The average Bonchev–Trinajstić information content (AvgIpc) is 2.95. The fourth-order valence-corrected chi connectivity index (χ4v) is 4.22. The third kappa shape index (κ3) is 4.64. The Hall–Kier alpha value is -2.88. The van der Waals surface area contributed by atoms with Gasteiger partial charge in [0.15, 0.2) is 0 Å². The van der Waals surface area contributed by atoms with Crippen LogP contribution in [-0.4, -0.2) is 21.5 Å². The van der Waals surface area contributed by atoms with Gasteiger partial charge < -0.3 is 9.88 Å². The van der Waals surface area contributed by atoms with Crippen molar-refractivity contribution in [2.45, 2.75) is 65.0 Å². The molecule has 0 unspecified atom stereocenters. The first-order valence-corrected chi connectivity index (χ1v) is 11.1. The van der Waals surface area contributed by atoms with Crippen molar-refractivity contribution in [3.8, 4) is 11.4 Å². The molecule has 0 saturated heterocycles. The topological polar surface area (TPSA) is 46.9 Å². The number of aromatic nitrogens is 2. The Labute approximate surface area is 179 Å². The van der Waals surface area contributed by atoms with E-state index in [1.807, 2.05) is 6.07 Å². The summed E-state index contributed by atoms with van der Waals surface area (Å²) in [5.41, 5.74) is 5.32. The Morgan fingerprint density at radius 2 is 1.83 bits per heavy atom. The lowest BCUT2D eigenvalue weighted by molar-refractivity contribution is 0.0932. The zero-order chi connectivity index (χ0) is 20.9. The molecule has 0 bridgehead atoms. The van der Waals surface area contributed by atoms with Crippen molar-refractivity contribution in [2.75, 3.05) is 0 Å². The van der Waals surface area contributed by atoms with E-state index >= 15 is 0 Å². The number of imidazole rings is 1. The van der Waals surface area contributed by atoms with Crippen LogP contribution in [0.3, 0.4) is 0 Å². The lowest BCUT2D eigenvalue weighted by Crippen LogP contribution is -2.33. The molecule has 1 aliphatic rings. The molecule has 0 aliphatic carbocycles. The van der Waals surface area contributed by atoms with Gasteiger partial charge in [-0.3, -0.25) is 4.79 Å². The summed E-state index contributed by atoms with van der Waals surface area (Å²) in [4.78, 5) is 18.0. The van der Waals surface area contributed by atoms with Crippen LogP contribution in [0.1, 0.15) is 59.9 Å². The van der Waals surface area contributed by atoms with Crippen LogP contribution in [-0.2, 0) is 19.4 Å². The van der Waals surface area contributed by atoms with Gasteiger partial charge in [-0.25, -0.2) is 4.98 Å². The van der Waals surface area contributed by atoms with E-state index in [0.29, 0.717) is 5.69 Å². The Bertz CT molecular complexity index is 989. The van der Waals surface area contributed by atoms with Crippen molar-refractivity contribution < 1.29 is 4.79 Å². The van der Waals surface area contributed by atoms with Gasteiger partial charge in [-0.15, -0.1) is 0 Å². The van der Waals surface area contributed by atoms with E-state index in [0.717, 1.165) is 55.7 Å². The summed E-state index contributed by atoms with van der Waals surface area (Å²) in [7, 11) is 0. The first-order chi connectivity index (χ1) is 14.6. The second-order valence-electron chi connectivity index (χ2n) is 8.46. The van der Waals surface area contributed by atoms with Gasteiger partial charge in [0.05, 0.1) is 5.69 Å². The summed E-state index contributed by atoms with van der Waals surface area (Å²) in [5, 5.41) is 3.20. The van der Waals surface area contributed by atoms with E-state index in [1.165, 1.54) is 17.5 Å². The molecular formula is C26H31N3O. The first kappa shape index (κ1) is 20.4. The molecule has 1 aliphatic heterocycles. The van der Waals surface area contributed by atoms with Gasteiger partial charge in [-0.05, 0) is 51.5 Å². The molecule has 1 aromatic heterocycles. The zero-order valence-corrected chi connectivity index (χ0v) is 18.0. The summed E-state index contributed by atoms with van der Waals surface area (Å²) in [6, 6.07) is 19.0. The number of hydrogen-bond acceptors (Lipinski definition) is 2. The van der Waals surface area contributed by atoms with Gasteiger partial charge in [0.1, 0.15) is 11.5 Å². The second kappa shape index (κ2) is 9.29. The molecule has 1 amide bonds. The average molecular weight is 402 g/mol. The van der Waals surface area contributed by atoms with Gasteiger partial charge in [0.2, 0.25) is 0 Å². The molecule has 1 atom stereocenters. The molecule has 156 valence electrons. The van der Waals surface area contributed by atoms with E-state index in [-0.39, 0.29) is 11.9 Å². The van der Waals surface area contributed by atoms with Gasteiger partial charge in [-0.1, -0.05) is 66.6 Å². The first-order valence-electron chi connectivity index (χ1n) is 11.1. The zero-order valence-electron chi connectivity index (χ0n) is 18.0. The molecule has 4 heteroatoms. The number of fused-ring (bicyclic) bond motifs is 1. The number of benzene rings is 2. The monoisotopic (exact) mass is 401 g/mol. The highest BCUT2D eigenvalue weighted by molar-refractivity contribution is 5.94. The maximum absolute atomic E-state index is 13.2. The number of carbonyl (C=O) groups excluding carboxylic acids is 1. The summed E-state index contributed by atoms with van der Waals surface area (Å²) in [6.07, 6.45) is 6.23. The fraction of sp³-hybridized carbons (Fsp3) is 0.385. The number of nitrogens with one attached hydrogen (secondary N) is 1. The molecule has 0 radical (unpaired) electrons. The van der Waals surface area contributed by atoms with Crippen molar-refractivity contribution in [1.29, 1.82) is 0 Å². The molecule has 1 N–H and O–H groups in total. The Morgan fingerprint density at radius 1 is 1.07 bits per heavy atom. The number of rotatable bonds is 6. The number of hydrogen-bond donors (Lipinski definition) is 1. The molecule has 4 nitrogen and oxygen atoms in total. The summed E-state index contributed by atoms with van der Waals surface area (Å²) < 4.78 is 2.28. The van der Waals surface area contributed by atoms with E-state index in [2.05, 4.69) is 72.3 Å². The SMILES string of the molecule is Cc1ccc(-c2nc(C(=O)N[C@@H](C)CCc3ccccc3)c3n2CCCCC3)cc1. The molecule has 4 rings (SSSR count). The van der Waals surface area contributed by atoms with Crippen LogP contribution in [0.25, 0.3) is 11.4 Å². The highest BCUT2D eigenvalue weighted by atomic mass is 16.2. The largest absolute Gasteiger partial charge is 0.348 e. The number of aryl methyl sites for hydroxylation is 2.